The first-order valence-electron chi connectivity index (χ1n) is 7.21. The average molecular weight is 424 g/mol. The minimum absolute atomic E-state index is 0. The van der Waals surface area contributed by atoms with Crippen molar-refractivity contribution >= 4 is 29.9 Å². The van der Waals surface area contributed by atoms with Gasteiger partial charge in [-0.15, -0.1) is 24.0 Å². The van der Waals surface area contributed by atoms with Crippen LogP contribution in [0.2, 0.25) is 0 Å². The van der Waals surface area contributed by atoms with Crippen molar-refractivity contribution in [1.82, 2.24) is 20.4 Å². The van der Waals surface area contributed by atoms with Crippen LogP contribution in [0.3, 0.4) is 0 Å². The second-order valence-corrected chi connectivity index (χ2v) is 4.80. The Bertz CT molecular complexity index is 669. The highest BCUT2D eigenvalue weighted by molar-refractivity contribution is 14.0. The molecular formula is C16H21IN6. The fourth-order valence-electron chi connectivity index (χ4n) is 1.95. The molecule has 1 heterocycles. The van der Waals surface area contributed by atoms with Crippen molar-refractivity contribution in [3.8, 4) is 6.07 Å². The van der Waals surface area contributed by atoms with Crippen molar-refractivity contribution < 1.29 is 0 Å². The molecule has 1 aromatic carbocycles. The molecule has 0 radical (unpaired) electrons. The van der Waals surface area contributed by atoms with E-state index in [2.05, 4.69) is 26.8 Å². The number of nitrogens with one attached hydrogen (secondary N) is 2. The maximum absolute atomic E-state index is 8.79. The third-order valence-electron chi connectivity index (χ3n) is 3.21. The maximum Gasteiger partial charge on any atom is 0.191 e. The smallest absolute Gasteiger partial charge is 0.191 e. The summed E-state index contributed by atoms with van der Waals surface area (Å²) in [6, 6.07) is 11.5. The molecular weight excluding hydrogens is 403 g/mol. The molecule has 0 saturated heterocycles. The van der Waals surface area contributed by atoms with Crippen molar-refractivity contribution in [2.75, 3.05) is 6.54 Å². The van der Waals surface area contributed by atoms with E-state index >= 15 is 0 Å². The van der Waals surface area contributed by atoms with Gasteiger partial charge in [0.15, 0.2) is 5.96 Å². The number of guanidine groups is 1. The van der Waals surface area contributed by atoms with Crippen molar-refractivity contribution in [1.29, 1.82) is 5.26 Å². The molecule has 0 aliphatic carbocycles. The number of aromatic nitrogens is 2. The van der Waals surface area contributed by atoms with Crippen LogP contribution in [0.1, 0.15) is 23.7 Å². The zero-order valence-corrected chi connectivity index (χ0v) is 15.6. The number of hydrogen-bond donors (Lipinski definition) is 2. The van der Waals surface area contributed by atoms with E-state index in [0.29, 0.717) is 18.7 Å². The number of nitrogens with zero attached hydrogens (tertiary/aromatic N) is 4. The van der Waals surface area contributed by atoms with E-state index in [0.717, 1.165) is 23.8 Å². The molecule has 0 aliphatic rings. The fourth-order valence-corrected chi connectivity index (χ4v) is 1.95. The van der Waals surface area contributed by atoms with Gasteiger partial charge in [0.2, 0.25) is 0 Å². The van der Waals surface area contributed by atoms with E-state index in [4.69, 9.17) is 5.26 Å². The normalized spacial score (nSPS) is 10.6. The second-order valence-electron chi connectivity index (χ2n) is 4.80. The summed E-state index contributed by atoms with van der Waals surface area (Å²) >= 11 is 0. The molecule has 0 atom stereocenters. The lowest BCUT2D eigenvalue weighted by Gasteiger charge is -2.11. The highest BCUT2D eigenvalue weighted by atomic mass is 127. The van der Waals surface area contributed by atoms with E-state index < -0.39 is 0 Å². The first-order chi connectivity index (χ1) is 10.7. The van der Waals surface area contributed by atoms with Gasteiger partial charge in [-0.05, 0) is 30.7 Å². The molecule has 0 spiro atoms. The Balaban J connectivity index is 0.00000264. The SMILES string of the molecule is CCNC(=NCc1ccc(C#N)cc1)NCc1ccnn1C.I. The Morgan fingerprint density at radius 3 is 2.57 bits per heavy atom. The summed E-state index contributed by atoms with van der Waals surface area (Å²) in [6.45, 7) is 4.05. The third kappa shape index (κ3) is 5.90. The number of aliphatic imine (C=N–C) groups is 1. The summed E-state index contributed by atoms with van der Waals surface area (Å²) in [7, 11) is 1.91. The number of nitriles is 1. The maximum atomic E-state index is 8.79. The van der Waals surface area contributed by atoms with E-state index in [9.17, 15) is 0 Å². The molecule has 0 saturated carbocycles. The van der Waals surface area contributed by atoms with Crippen LogP contribution in [0.15, 0.2) is 41.5 Å². The summed E-state index contributed by atoms with van der Waals surface area (Å²) in [5.41, 5.74) is 2.81. The molecule has 2 N–H and O–H groups in total. The molecule has 23 heavy (non-hydrogen) atoms. The largest absolute Gasteiger partial charge is 0.357 e. The van der Waals surface area contributed by atoms with Crippen molar-refractivity contribution in [2.45, 2.75) is 20.0 Å². The Kier molecular flexibility index (Phi) is 8.11. The lowest BCUT2D eigenvalue weighted by Crippen LogP contribution is -2.37. The highest BCUT2D eigenvalue weighted by Crippen LogP contribution is 2.04. The quantitative estimate of drug-likeness (QED) is 0.438. The van der Waals surface area contributed by atoms with E-state index in [1.165, 1.54) is 0 Å². The Morgan fingerprint density at radius 1 is 1.26 bits per heavy atom. The summed E-state index contributed by atoms with van der Waals surface area (Å²) in [5, 5.41) is 19.4. The van der Waals surface area contributed by atoms with Gasteiger partial charge < -0.3 is 10.6 Å². The Hall–Kier alpha value is -2.08. The molecule has 2 rings (SSSR count). The van der Waals surface area contributed by atoms with Gasteiger partial charge in [0.05, 0.1) is 30.4 Å². The van der Waals surface area contributed by atoms with Crippen molar-refractivity contribution in [2.24, 2.45) is 12.0 Å². The van der Waals surface area contributed by atoms with Crippen LogP contribution < -0.4 is 10.6 Å². The van der Waals surface area contributed by atoms with Crippen LogP contribution in [-0.2, 0) is 20.1 Å². The van der Waals surface area contributed by atoms with Gasteiger partial charge in [0, 0.05) is 19.8 Å². The Morgan fingerprint density at radius 2 is 2.00 bits per heavy atom. The minimum atomic E-state index is 0. The zero-order valence-electron chi connectivity index (χ0n) is 13.3. The second kappa shape index (κ2) is 9.84. The van der Waals surface area contributed by atoms with Crippen LogP contribution in [0, 0.1) is 11.3 Å². The standard InChI is InChI=1S/C16H20N6.HI/c1-3-18-16(20-12-15-8-9-21-22(15)2)19-11-14-6-4-13(10-17)5-7-14;/h4-9H,3,11-12H2,1-2H3,(H2,18,19,20);1H. The van der Waals surface area contributed by atoms with E-state index in [-0.39, 0.29) is 24.0 Å². The molecule has 0 aliphatic heterocycles. The molecule has 0 bridgehead atoms. The number of halogens is 1. The predicted octanol–water partition coefficient (Wildman–Crippen LogP) is 2.17. The summed E-state index contributed by atoms with van der Waals surface area (Å²) < 4.78 is 1.83. The average Bonchev–Trinajstić information content (AvgIpc) is 2.96. The van der Waals surface area contributed by atoms with Gasteiger partial charge >= 0.3 is 0 Å². The van der Waals surface area contributed by atoms with Crippen LogP contribution in [0.4, 0.5) is 0 Å². The number of hydrogen-bond acceptors (Lipinski definition) is 3. The van der Waals surface area contributed by atoms with Crippen LogP contribution in [0.5, 0.6) is 0 Å². The molecule has 7 heteroatoms. The van der Waals surface area contributed by atoms with Gasteiger partial charge in [0.1, 0.15) is 0 Å². The molecule has 0 unspecified atom stereocenters. The predicted molar refractivity (Wildman–Crippen MR) is 101 cm³/mol. The van der Waals surface area contributed by atoms with Crippen LogP contribution >= 0.6 is 24.0 Å². The lowest BCUT2D eigenvalue weighted by atomic mass is 10.1. The first kappa shape index (κ1) is 19.0. The van der Waals surface area contributed by atoms with Crippen LogP contribution in [-0.4, -0.2) is 22.3 Å². The number of aryl methyl sites for hydroxylation is 1. The zero-order chi connectivity index (χ0) is 15.8. The molecule has 6 nitrogen and oxygen atoms in total. The highest BCUT2D eigenvalue weighted by Gasteiger charge is 2.01. The van der Waals surface area contributed by atoms with Gasteiger partial charge in [-0.25, -0.2) is 4.99 Å². The van der Waals surface area contributed by atoms with Gasteiger partial charge in [-0.3, -0.25) is 4.68 Å². The lowest BCUT2D eigenvalue weighted by molar-refractivity contribution is 0.685. The van der Waals surface area contributed by atoms with Gasteiger partial charge in [0.25, 0.3) is 0 Å². The molecule has 122 valence electrons. The summed E-state index contributed by atoms with van der Waals surface area (Å²) in [4.78, 5) is 4.55. The van der Waals surface area contributed by atoms with E-state index in [1.807, 2.05) is 36.9 Å². The first-order valence-corrected chi connectivity index (χ1v) is 7.21. The molecule has 1 aromatic heterocycles. The number of benzene rings is 1. The third-order valence-corrected chi connectivity index (χ3v) is 3.21. The Labute approximate surface area is 153 Å². The van der Waals surface area contributed by atoms with Gasteiger partial charge in [-0.1, -0.05) is 12.1 Å². The van der Waals surface area contributed by atoms with E-state index in [1.54, 1.807) is 18.3 Å². The van der Waals surface area contributed by atoms with Crippen molar-refractivity contribution in [3.63, 3.8) is 0 Å². The molecule has 0 fully saturated rings. The van der Waals surface area contributed by atoms with Crippen molar-refractivity contribution in [3.05, 3.63) is 53.3 Å². The van der Waals surface area contributed by atoms with Gasteiger partial charge in [-0.2, -0.15) is 10.4 Å². The summed E-state index contributed by atoms with van der Waals surface area (Å²) in [6.07, 6.45) is 1.78. The monoisotopic (exact) mass is 424 g/mol. The molecule has 0 amide bonds. The van der Waals surface area contributed by atoms with Crippen LogP contribution in [0.25, 0.3) is 0 Å². The number of rotatable bonds is 5. The fraction of sp³-hybridized carbons (Fsp3) is 0.312. The molecule has 2 aromatic rings. The minimum Gasteiger partial charge on any atom is -0.357 e. The summed E-state index contributed by atoms with van der Waals surface area (Å²) in [5.74, 6) is 0.757. The topological polar surface area (TPSA) is 78.0 Å².